The molecule has 0 heterocycles. The highest BCUT2D eigenvalue weighted by Gasteiger charge is 2.31. The maximum Gasteiger partial charge on any atom is 0.308 e. The number of allylic oxidation sites excluding steroid dienone is 1. The molecule has 0 aromatic carbocycles. The second-order valence-corrected chi connectivity index (χ2v) is 5.37. The Morgan fingerprint density at radius 3 is 2.09 bits per heavy atom. The minimum atomic E-state index is -0.977. The highest BCUT2D eigenvalue weighted by atomic mass is 16.5. The predicted molar refractivity (Wildman–Crippen MR) is 81.1 cm³/mol. The normalized spacial score (nSPS) is 14.5. The number of hydrogen-bond donors (Lipinski definition) is 1. The Bertz CT molecular complexity index is 390. The van der Waals surface area contributed by atoms with Crippen LogP contribution in [0.3, 0.4) is 0 Å². The summed E-state index contributed by atoms with van der Waals surface area (Å²) >= 11 is 0. The van der Waals surface area contributed by atoms with E-state index in [2.05, 4.69) is 6.58 Å². The van der Waals surface area contributed by atoms with E-state index in [-0.39, 0.29) is 18.8 Å². The second-order valence-electron chi connectivity index (χ2n) is 5.37. The molecule has 3 unspecified atom stereocenters. The van der Waals surface area contributed by atoms with Crippen molar-refractivity contribution in [2.75, 3.05) is 14.2 Å². The molecule has 1 N–H and O–H groups in total. The smallest absolute Gasteiger partial charge is 0.308 e. The van der Waals surface area contributed by atoms with Gasteiger partial charge in [0.25, 0.3) is 0 Å². The average Bonchev–Trinajstić information content (AvgIpc) is 2.51. The van der Waals surface area contributed by atoms with E-state index < -0.39 is 29.7 Å². The van der Waals surface area contributed by atoms with Gasteiger partial charge in [-0.25, -0.2) is 0 Å². The Morgan fingerprint density at radius 1 is 1.09 bits per heavy atom. The van der Waals surface area contributed by atoms with Gasteiger partial charge in [-0.1, -0.05) is 13.0 Å². The number of aliphatic carboxylic acids is 1. The monoisotopic (exact) mass is 314 g/mol. The van der Waals surface area contributed by atoms with Crippen molar-refractivity contribution >= 4 is 17.9 Å². The fourth-order valence-corrected chi connectivity index (χ4v) is 2.33. The van der Waals surface area contributed by atoms with Crippen LogP contribution in [0.2, 0.25) is 0 Å². The number of hydrogen-bond acceptors (Lipinski definition) is 5. The van der Waals surface area contributed by atoms with E-state index in [9.17, 15) is 14.4 Å². The Labute approximate surface area is 131 Å². The Morgan fingerprint density at radius 2 is 1.64 bits per heavy atom. The van der Waals surface area contributed by atoms with Gasteiger partial charge in [-0.3, -0.25) is 14.4 Å². The lowest BCUT2D eigenvalue weighted by atomic mass is 9.85. The Balaban J connectivity index is 4.92. The standard InChI is InChI=1S/C16H26O6/c1-5-6-7-8-12(15(19)21-3)10-13(16(20)22-4)9-11(2)14(17)18/h5,11-13H,1,6-10H2,2-4H3,(H,17,18). The maximum atomic E-state index is 11.9. The first-order chi connectivity index (χ1) is 10.4. The van der Waals surface area contributed by atoms with E-state index in [0.29, 0.717) is 6.42 Å². The fraction of sp³-hybridized carbons (Fsp3) is 0.688. The molecule has 0 fully saturated rings. The van der Waals surface area contributed by atoms with Gasteiger partial charge in [-0.05, 0) is 32.1 Å². The van der Waals surface area contributed by atoms with Crippen LogP contribution in [0.1, 0.15) is 39.0 Å². The molecule has 6 heteroatoms. The lowest BCUT2D eigenvalue weighted by Crippen LogP contribution is -2.28. The third kappa shape index (κ3) is 7.24. The lowest BCUT2D eigenvalue weighted by Gasteiger charge is -2.21. The van der Waals surface area contributed by atoms with Crippen LogP contribution in [0.15, 0.2) is 12.7 Å². The number of ether oxygens (including phenoxy) is 2. The number of unbranched alkanes of at least 4 members (excludes halogenated alkanes) is 1. The summed E-state index contributed by atoms with van der Waals surface area (Å²) in [6, 6.07) is 0. The van der Waals surface area contributed by atoms with Crippen molar-refractivity contribution in [1.82, 2.24) is 0 Å². The van der Waals surface area contributed by atoms with Gasteiger partial charge in [0.15, 0.2) is 0 Å². The summed E-state index contributed by atoms with van der Waals surface area (Å²) < 4.78 is 9.51. The molecule has 6 nitrogen and oxygen atoms in total. The van der Waals surface area contributed by atoms with Gasteiger partial charge in [0.2, 0.25) is 0 Å². The SMILES string of the molecule is C=CCCCC(CC(CC(C)C(=O)O)C(=O)OC)C(=O)OC. The highest BCUT2D eigenvalue weighted by molar-refractivity contribution is 5.77. The van der Waals surface area contributed by atoms with Crippen molar-refractivity contribution in [3.8, 4) is 0 Å². The number of methoxy groups -OCH3 is 2. The van der Waals surface area contributed by atoms with Crippen LogP contribution in [-0.4, -0.2) is 37.2 Å². The highest BCUT2D eigenvalue weighted by Crippen LogP contribution is 2.26. The summed E-state index contributed by atoms with van der Waals surface area (Å²) in [6.07, 6.45) is 4.21. The molecule has 3 atom stereocenters. The lowest BCUT2D eigenvalue weighted by molar-refractivity contribution is -0.151. The Kier molecular flexibility index (Phi) is 9.91. The summed E-state index contributed by atoms with van der Waals surface area (Å²) in [6.45, 7) is 5.16. The van der Waals surface area contributed by atoms with Gasteiger partial charge in [0, 0.05) is 0 Å². The fourth-order valence-electron chi connectivity index (χ4n) is 2.33. The topological polar surface area (TPSA) is 89.9 Å². The van der Waals surface area contributed by atoms with Crippen molar-refractivity contribution in [3.05, 3.63) is 12.7 Å². The van der Waals surface area contributed by atoms with Crippen molar-refractivity contribution in [1.29, 1.82) is 0 Å². The number of carboxylic acids is 1. The van der Waals surface area contributed by atoms with Crippen LogP contribution < -0.4 is 0 Å². The largest absolute Gasteiger partial charge is 0.481 e. The van der Waals surface area contributed by atoms with Gasteiger partial charge < -0.3 is 14.6 Å². The molecule has 0 aliphatic rings. The summed E-state index contributed by atoms with van der Waals surface area (Å²) in [5.41, 5.74) is 0. The van der Waals surface area contributed by atoms with Crippen molar-refractivity contribution in [3.63, 3.8) is 0 Å². The van der Waals surface area contributed by atoms with E-state index in [1.54, 1.807) is 6.08 Å². The van der Waals surface area contributed by atoms with Gasteiger partial charge in [-0.2, -0.15) is 0 Å². The first-order valence-corrected chi connectivity index (χ1v) is 7.36. The average molecular weight is 314 g/mol. The van der Waals surface area contributed by atoms with Crippen molar-refractivity contribution < 1.29 is 29.0 Å². The van der Waals surface area contributed by atoms with Gasteiger partial charge in [0.05, 0.1) is 32.0 Å². The van der Waals surface area contributed by atoms with Crippen LogP contribution in [0.25, 0.3) is 0 Å². The third-order valence-electron chi connectivity index (χ3n) is 3.66. The Hall–Kier alpha value is -1.85. The molecular formula is C16H26O6. The zero-order valence-electron chi connectivity index (χ0n) is 13.5. The number of carboxylic acid groups (broad SMARTS) is 1. The predicted octanol–water partition coefficient (Wildman–Crippen LogP) is 2.42. The van der Waals surface area contributed by atoms with Crippen LogP contribution in [-0.2, 0) is 23.9 Å². The van der Waals surface area contributed by atoms with Crippen molar-refractivity contribution in [2.45, 2.75) is 39.0 Å². The van der Waals surface area contributed by atoms with E-state index in [1.165, 1.54) is 21.1 Å². The van der Waals surface area contributed by atoms with Crippen LogP contribution in [0.4, 0.5) is 0 Å². The molecule has 0 spiro atoms. The summed E-state index contributed by atoms with van der Waals surface area (Å²) in [7, 11) is 2.56. The molecule has 0 aromatic rings. The molecule has 22 heavy (non-hydrogen) atoms. The number of rotatable bonds is 11. The first kappa shape index (κ1) is 20.1. The summed E-state index contributed by atoms with van der Waals surface area (Å²) in [5, 5.41) is 8.99. The maximum absolute atomic E-state index is 11.9. The molecule has 0 radical (unpaired) electrons. The molecule has 0 bridgehead atoms. The molecule has 0 rings (SSSR count). The van der Waals surface area contributed by atoms with Crippen molar-refractivity contribution in [2.24, 2.45) is 17.8 Å². The van der Waals surface area contributed by atoms with E-state index >= 15 is 0 Å². The molecule has 0 amide bonds. The molecule has 126 valence electrons. The number of carbonyl (C=O) groups is 3. The third-order valence-corrected chi connectivity index (χ3v) is 3.66. The molecule has 0 aliphatic carbocycles. The second kappa shape index (κ2) is 10.8. The van der Waals surface area contributed by atoms with E-state index in [0.717, 1.165) is 12.8 Å². The number of carbonyl (C=O) groups excluding carboxylic acids is 2. The quantitative estimate of drug-likeness (QED) is 0.358. The van der Waals surface area contributed by atoms with Gasteiger partial charge in [-0.15, -0.1) is 6.58 Å². The van der Waals surface area contributed by atoms with E-state index in [4.69, 9.17) is 14.6 Å². The molecule has 0 saturated heterocycles. The molecule has 0 aliphatic heterocycles. The zero-order valence-corrected chi connectivity index (χ0v) is 13.5. The van der Waals surface area contributed by atoms with Crippen LogP contribution in [0, 0.1) is 17.8 Å². The minimum Gasteiger partial charge on any atom is -0.481 e. The number of esters is 2. The molecule has 0 saturated carbocycles. The van der Waals surface area contributed by atoms with Gasteiger partial charge in [0.1, 0.15) is 0 Å². The van der Waals surface area contributed by atoms with Crippen LogP contribution >= 0.6 is 0 Å². The van der Waals surface area contributed by atoms with Crippen LogP contribution in [0.5, 0.6) is 0 Å². The zero-order chi connectivity index (χ0) is 17.1. The minimum absolute atomic E-state index is 0.136. The van der Waals surface area contributed by atoms with E-state index in [1.807, 2.05) is 0 Å². The molecule has 0 aromatic heterocycles. The first-order valence-electron chi connectivity index (χ1n) is 7.36. The molecular weight excluding hydrogens is 288 g/mol. The summed E-state index contributed by atoms with van der Waals surface area (Å²) in [4.78, 5) is 34.7. The summed E-state index contributed by atoms with van der Waals surface area (Å²) in [5.74, 6) is -3.63. The van der Waals surface area contributed by atoms with Gasteiger partial charge >= 0.3 is 17.9 Å².